The number of esters is 1. The summed E-state index contributed by atoms with van der Waals surface area (Å²) < 4.78 is 11.6. The highest BCUT2D eigenvalue weighted by molar-refractivity contribution is 9.10. The van der Waals surface area contributed by atoms with Gasteiger partial charge in [-0.05, 0) is 57.1 Å². The van der Waals surface area contributed by atoms with Crippen molar-refractivity contribution in [3.05, 3.63) is 28.7 Å². The van der Waals surface area contributed by atoms with Gasteiger partial charge in [0, 0.05) is 11.0 Å². The van der Waals surface area contributed by atoms with E-state index in [9.17, 15) is 9.90 Å². The lowest BCUT2D eigenvalue weighted by atomic mass is 9.97. The Morgan fingerprint density at radius 1 is 1.35 bits per heavy atom. The fraction of sp³-hybridized carbons (Fsp3) is 0.588. The Bertz CT molecular complexity index is 486. The first-order valence-corrected chi connectivity index (χ1v) is 8.83. The van der Waals surface area contributed by atoms with Crippen molar-refractivity contribution in [2.75, 3.05) is 32.8 Å². The Balaban J connectivity index is 1.67. The molecule has 0 bridgehead atoms. The molecule has 0 radical (unpaired) electrons. The second kappa shape index (κ2) is 9.25. The van der Waals surface area contributed by atoms with Crippen LogP contribution in [0.2, 0.25) is 0 Å². The van der Waals surface area contributed by atoms with E-state index in [1.807, 2.05) is 31.2 Å². The number of carbonyl (C=O) groups excluding carboxylic acids is 1. The van der Waals surface area contributed by atoms with Gasteiger partial charge in [-0.15, -0.1) is 0 Å². The summed E-state index contributed by atoms with van der Waals surface area (Å²) in [6.45, 7) is 4.70. The third-order valence-electron chi connectivity index (χ3n) is 3.93. The molecule has 0 unspecified atom stereocenters. The molecule has 1 aliphatic heterocycles. The highest BCUT2D eigenvalue weighted by Crippen LogP contribution is 2.19. The Morgan fingerprint density at radius 2 is 2.00 bits per heavy atom. The van der Waals surface area contributed by atoms with Crippen LogP contribution in [0.5, 0.6) is 5.75 Å². The molecule has 2 rings (SSSR count). The maximum Gasteiger partial charge on any atom is 0.309 e. The van der Waals surface area contributed by atoms with Crippen molar-refractivity contribution in [2.45, 2.75) is 25.9 Å². The van der Waals surface area contributed by atoms with E-state index in [0.29, 0.717) is 13.2 Å². The normalized spacial score (nSPS) is 17.7. The van der Waals surface area contributed by atoms with E-state index in [4.69, 9.17) is 9.47 Å². The molecule has 5 nitrogen and oxygen atoms in total. The van der Waals surface area contributed by atoms with Crippen LogP contribution in [0, 0.1) is 5.92 Å². The molecule has 1 N–H and O–H groups in total. The van der Waals surface area contributed by atoms with Gasteiger partial charge in [0.25, 0.3) is 0 Å². The number of ether oxygens (including phenoxy) is 2. The van der Waals surface area contributed by atoms with Crippen LogP contribution in [0.15, 0.2) is 28.7 Å². The van der Waals surface area contributed by atoms with Gasteiger partial charge in [0.1, 0.15) is 18.5 Å². The number of hydrogen-bond acceptors (Lipinski definition) is 5. The van der Waals surface area contributed by atoms with Gasteiger partial charge in [-0.2, -0.15) is 0 Å². The van der Waals surface area contributed by atoms with E-state index in [0.717, 1.165) is 36.2 Å². The van der Waals surface area contributed by atoms with Crippen molar-refractivity contribution in [3.8, 4) is 5.75 Å². The lowest BCUT2D eigenvalue weighted by Crippen LogP contribution is -2.42. The summed E-state index contributed by atoms with van der Waals surface area (Å²) in [5, 5.41) is 10.1. The molecule has 1 fully saturated rings. The number of aliphatic hydroxyl groups is 1. The maximum atomic E-state index is 11.7. The van der Waals surface area contributed by atoms with Gasteiger partial charge in [-0.1, -0.05) is 15.9 Å². The van der Waals surface area contributed by atoms with E-state index >= 15 is 0 Å². The topological polar surface area (TPSA) is 59.0 Å². The second-order valence-electron chi connectivity index (χ2n) is 5.75. The molecule has 0 spiro atoms. The van der Waals surface area contributed by atoms with Crippen molar-refractivity contribution in [1.82, 2.24) is 4.90 Å². The van der Waals surface area contributed by atoms with Crippen LogP contribution in [0.3, 0.4) is 0 Å². The van der Waals surface area contributed by atoms with Crippen molar-refractivity contribution in [1.29, 1.82) is 0 Å². The molecule has 0 aliphatic carbocycles. The minimum atomic E-state index is -0.544. The molecular formula is C17H24BrNO4. The zero-order valence-corrected chi connectivity index (χ0v) is 15.0. The second-order valence-corrected chi connectivity index (χ2v) is 6.66. The lowest BCUT2D eigenvalue weighted by molar-refractivity contribution is -0.149. The molecule has 0 aromatic heterocycles. The Morgan fingerprint density at radius 3 is 2.61 bits per heavy atom. The number of likely N-dealkylation sites (tertiary alicyclic amines) is 1. The van der Waals surface area contributed by atoms with E-state index in [1.54, 1.807) is 0 Å². The number of nitrogens with zero attached hydrogens (tertiary/aromatic N) is 1. The summed E-state index contributed by atoms with van der Waals surface area (Å²) in [6, 6.07) is 7.53. The molecular weight excluding hydrogens is 362 g/mol. The van der Waals surface area contributed by atoms with Gasteiger partial charge in [-0.25, -0.2) is 0 Å². The van der Waals surface area contributed by atoms with E-state index in [1.165, 1.54) is 0 Å². The first-order valence-electron chi connectivity index (χ1n) is 8.04. The van der Waals surface area contributed by atoms with Crippen LogP contribution in [0.25, 0.3) is 0 Å². The van der Waals surface area contributed by atoms with Gasteiger partial charge in [0.15, 0.2) is 0 Å². The summed E-state index contributed by atoms with van der Waals surface area (Å²) in [4.78, 5) is 13.9. The zero-order valence-electron chi connectivity index (χ0n) is 13.4. The highest BCUT2D eigenvalue weighted by Gasteiger charge is 2.26. The predicted molar refractivity (Wildman–Crippen MR) is 91.4 cm³/mol. The van der Waals surface area contributed by atoms with Crippen molar-refractivity contribution in [3.63, 3.8) is 0 Å². The fourth-order valence-corrected chi connectivity index (χ4v) is 2.95. The molecule has 0 saturated carbocycles. The Hall–Kier alpha value is -1.11. The number of hydrogen-bond donors (Lipinski definition) is 1. The van der Waals surface area contributed by atoms with E-state index in [2.05, 4.69) is 20.8 Å². The molecule has 1 atom stereocenters. The maximum absolute atomic E-state index is 11.7. The van der Waals surface area contributed by atoms with Gasteiger partial charge in [0.05, 0.1) is 12.5 Å². The average molecular weight is 386 g/mol. The van der Waals surface area contributed by atoms with Crippen LogP contribution in [0.4, 0.5) is 0 Å². The first-order chi connectivity index (χ1) is 11.1. The van der Waals surface area contributed by atoms with Crippen molar-refractivity contribution in [2.24, 2.45) is 5.92 Å². The minimum Gasteiger partial charge on any atom is -0.491 e. The molecule has 1 aromatic rings. The number of β-amino-alcohol motifs (C(OH)–C–C–N with tert-alkyl or cyclic N) is 1. The van der Waals surface area contributed by atoms with Gasteiger partial charge >= 0.3 is 5.97 Å². The number of carbonyl (C=O) groups is 1. The number of piperidine rings is 1. The molecule has 1 heterocycles. The molecule has 1 aliphatic rings. The highest BCUT2D eigenvalue weighted by atomic mass is 79.9. The summed E-state index contributed by atoms with van der Waals surface area (Å²) in [5.74, 6) is 0.655. The number of halogens is 1. The molecule has 0 amide bonds. The monoisotopic (exact) mass is 385 g/mol. The molecule has 6 heteroatoms. The lowest BCUT2D eigenvalue weighted by Gasteiger charge is -2.32. The van der Waals surface area contributed by atoms with Crippen LogP contribution in [-0.2, 0) is 9.53 Å². The zero-order chi connectivity index (χ0) is 16.7. The molecule has 1 saturated heterocycles. The predicted octanol–water partition coefficient (Wildman–Crippen LogP) is 2.46. The van der Waals surface area contributed by atoms with Crippen LogP contribution >= 0.6 is 15.9 Å². The summed E-state index contributed by atoms with van der Waals surface area (Å²) in [5.41, 5.74) is 0. The molecule has 128 valence electrons. The average Bonchev–Trinajstić information content (AvgIpc) is 2.55. The van der Waals surface area contributed by atoms with Crippen LogP contribution < -0.4 is 4.74 Å². The number of benzene rings is 1. The Kier molecular flexibility index (Phi) is 7.33. The van der Waals surface area contributed by atoms with Crippen molar-refractivity contribution < 1.29 is 19.4 Å². The summed E-state index contributed by atoms with van der Waals surface area (Å²) in [6.07, 6.45) is 1.04. The minimum absolute atomic E-state index is 0.00218. The van der Waals surface area contributed by atoms with Gasteiger partial charge < -0.3 is 19.5 Å². The Labute approximate surface area is 145 Å². The van der Waals surface area contributed by atoms with E-state index in [-0.39, 0.29) is 18.5 Å². The van der Waals surface area contributed by atoms with E-state index < -0.39 is 6.10 Å². The molecule has 23 heavy (non-hydrogen) atoms. The SMILES string of the molecule is CCOC(=O)C1CCN(C[C@H](O)COc2ccc(Br)cc2)CC1. The number of aliphatic hydroxyl groups excluding tert-OH is 1. The number of rotatable bonds is 7. The van der Waals surface area contributed by atoms with Crippen LogP contribution in [-0.4, -0.2) is 54.9 Å². The third-order valence-corrected chi connectivity index (χ3v) is 4.46. The fourth-order valence-electron chi connectivity index (χ4n) is 2.69. The van der Waals surface area contributed by atoms with Crippen LogP contribution in [0.1, 0.15) is 19.8 Å². The third kappa shape index (κ3) is 6.12. The largest absolute Gasteiger partial charge is 0.491 e. The summed E-state index contributed by atoms with van der Waals surface area (Å²) in [7, 11) is 0. The summed E-state index contributed by atoms with van der Waals surface area (Å²) >= 11 is 3.37. The van der Waals surface area contributed by atoms with Gasteiger partial charge in [-0.3, -0.25) is 4.79 Å². The van der Waals surface area contributed by atoms with Gasteiger partial charge in [0.2, 0.25) is 0 Å². The van der Waals surface area contributed by atoms with Crippen molar-refractivity contribution >= 4 is 21.9 Å². The standard InChI is InChI=1S/C17H24BrNO4/c1-2-22-17(21)13-7-9-19(10-8-13)11-15(20)12-23-16-5-3-14(18)4-6-16/h3-6,13,15,20H,2,7-12H2,1H3/t15-/m0/s1. The smallest absolute Gasteiger partial charge is 0.309 e. The molecule has 1 aromatic carbocycles. The quantitative estimate of drug-likeness (QED) is 0.730. The first kappa shape index (κ1) is 18.2.